The molecule has 1 saturated carbocycles. The molecule has 0 amide bonds. The Labute approximate surface area is 108 Å². The summed E-state index contributed by atoms with van der Waals surface area (Å²) >= 11 is 0. The molecule has 5 heteroatoms. The van der Waals surface area contributed by atoms with Crippen molar-refractivity contribution in [3.63, 3.8) is 0 Å². The molecule has 0 aromatic heterocycles. The fraction of sp³-hybridized carbons (Fsp3) is 1.00. The molecule has 2 rings (SSSR count). The first-order valence-corrected chi connectivity index (χ1v) is 7.02. The first-order valence-electron chi connectivity index (χ1n) is 7.02. The average molecular weight is 259 g/mol. The molecule has 1 aliphatic heterocycles. The maximum Gasteiger partial charge on any atom is 0.109 e. The van der Waals surface area contributed by atoms with Crippen LogP contribution in [0.1, 0.15) is 32.1 Å². The van der Waals surface area contributed by atoms with Crippen molar-refractivity contribution < 1.29 is 20.4 Å². The molecule has 1 aliphatic carbocycles. The fourth-order valence-electron chi connectivity index (χ4n) is 3.29. The Morgan fingerprint density at radius 1 is 0.944 bits per heavy atom. The van der Waals surface area contributed by atoms with Crippen LogP contribution in [0.4, 0.5) is 0 Å². The zero-order chi connectivity index (χ0) is 13.1. The van der Waals surface area contributed by atoms with Crippen molar-refractivity contribution in [3.05, 3.63) is 0 Å². The summed E-state index contributed by atoms with van der Waals surface area (Å²) in [6, 6.07) is -0.453. The molecule has 106 valence electrons. The highest BCUT2D eigenvalue weighted by molar-refractivity contribution is 4.94. The molecule has 4 N–H and O–H groups in total. The molecule has 18 heavy (non-hydrogen) atoms. The monoisotopic (exact) mass is 259 g/mol. The number of likely N-dealkylation sites (tertiary alicyclic amines) is 1. The molecule has 5 nitrogen and oxygen atoms in total. The van der Waals surface area contributed by atoms with Gasteiger partial charge in [0, 0.05) is 13.1 Å². The van der Waals surface area contributed by atoms with E-state index in [4.69, 9.17) is 0 Å². The van der Waals surface area contributed by atoms with Crippen LogP contribution in [0.5, 0.6) is 0 Å². The lowest BCUT2D eigenvalue weighted by molar-refractivity contribution is -0.147. The summed E-state index contributed by atoms with van der Waals surface area (Å²) in [6.45, 7) is 0.948. The minimum Gasteiger partial charge on any atom is -0.395 e. The normalized spacial score (nSPS) is 40.0. The molecule has 2 fully saturated rings. The number of nitrogens with zero attached hydrogens (tertiary/aromatic N) is 1. The summed E-state index contributed by atoms with van der Waals surface area (Å²) in [5.41, 5.74) is 0. The van der Waals surface area contributed by atoms with E-state index >= 15 is 0 Å². The van der Waals surface area contributed by atoms with Gasteiger partial charge >= 0.3 is 0 Å². The third-order valence-corrected chi connectivity index (χ3v) is 4.43. The van der Waals surface area contributed by atoms with Crippen molar-refractivity contribution in [2.24, 2.45) is 5.92 Å². The van der Waals surface area contributed by atoms with Crippen molar-refractivity contribution in [3.8, 4) is 0 Å². The molecule has 4 atom stereocenters. The van der Waals surface area contributed by atoms with Gasteiger partial charge in [0.2, 0.25) is 0 Å². The number of aliphatic hydroxyl groups excluding tert-OH is 4. The number of hydrogen-bond acceptors (Lipinski definition) is 5. The quantitative estimate of drug-likeness (QED) is 0.540. The molecule has 0 spiro atoms. The third kappa shape index (κ3) is 3.03. The van der Waals surface area contributed by atoms with Crippen LogP contribution in [-0.4, -0.2) is 69.4 Å². The maximum atomic E-state index is 9.90. The largest absolute Gasteiger partial charge is 0.395 e. The van der Waals surface area contributed by atoms with Crippen molar-refractivity contribution >= 4 is 0 Å². The Morgan fingerprint density at radius 3 is 2.22 bits per heavy atom. The van der Waals surface area contributed by atoms with Crippen LogP contribution in [0.2, 0.25) is 0 Å². The van der Waals surface area contributed by atoms with Crippen LogP contribution in [0.15, 0.2) is 0 Å². The Bertz CT molecular complexity index is 257. The van der Waals surface area contributed by atoms with E-state index in [1.807, 2.05) is 4.90 Å². The Hall–Kier alpha value is -0.200. The molecule has 2 aliphatic rings. The molecule has 1 heterocycles. The van der Waals surface area contributed by atoms with Gasteiger partial charge in [0.25, 0.3) is 0 Å². The minimum atomic E-state index is -1.15. The van der Waals surface area contributed by atoms with Gasteiger partial charge in [0.05, 0.1) is 18.8 Å². The van der Waals surface area contributed by atoms with Gasteiger partial charge in [-0.2, -0.15) is 0 Å². The molecular weight excluding hydrogens is 234 g/mol. The summed E-state index contributed by atoms with van der Waals surface area (Å²) in [5, 5.41) is 38.6. The van der Waals surface area contributed by atoms with Crippen LogP contribution in [-0.2, 0) is 0 Å². The topological polar surface area (TPSA) is 84.2 Å². The van der Waals surface area contributed by atoms with Crippen LogP contribution >= 0.6 is 0 Å². The van der Waals surface area contributed by atoms with Gasteiger partial charge in [-0.1, -0.05) is 19.3 Å². The molecule has 0 unspecified atom stereocenters. The van der Waals surface area contributed by atoms with E-state index in [9.17, 15) is 20.4 Å². The lowest BCUT2D eigenvalue weighted by Gasteiger charge is -2.44. The van der Waals surface area contributed by atoms with Crippen LogP contribution in [0.25, 0.3) is 0 Å². The summed E-state index contributed by atoms with van der Waals surface area (Å²) in [7, 11) is 0. The number of hydrogen-bond donors (Lipinski definition) is 4. The van der Waals surface area contributed by atoms with Crippen LogP contribution < -0.4 is 0 Å². The zero-order valence-corrected chi connectivity index (χ0v) is 10.8. The van der Waals surface area contributed by atoms with E-state index < -0.39 is 24.4 Å². The van der Waals surface area contributed by atoms with Gasteiger partial charge in [-0.3, -0.25) is 4.90 Å². The fourth-order valence-corrected chi connectivity index (χ4v) is 3.29. The van der Waals surface area contributed by atoms with Gasteiger partial charge in [0.1, 0.15) is 12.2 Å². The molecule has 0 aromatic carbocycles. The van der Waals surface area contributed by atoms with E-state index in [2.05, 4.69) is 0 Å². The second kappa shape index (κ2) is 6.30. The van der Waals surface area contributed by atoms with E-state index in [0.29, 0.717) is 12.5 Å². The highest BCUT2D eigenvalue weighted by atomic mass is 16.4. The summed E-state index contributed by atoms with van der Waals surface area (Å²) in [6.07, 6.45) is 3.02. The van der Waals surface area contributed by atoms with Crippen molar-refractivity contribution in [1.29, 1.82) is 0 Å². The molecule has 0 aromatic rings. The first-order chi connectivity index (χ1) is 8.63. The van der Waals surface area contributed by atoms with Gasteiger partial charge in [0.15, 0.2) is 0 Å². The van der Waals surface area contributed by atoms with E-state index in [1.54, 1.807) is 0 Å². The zero-order valence-electron chi connectivity index (χ0n) is 10.8. The number of aliphatic hydroxyl groups is 4. The van der Waals surface area contributed by atoms with E-state index in [-0.39, 0.29) is 6.61 Å². The highest BCUT2D eigenvalue weighted by Gasteiger charge is 2.41. The summed E-state index contributed by atoms with van der Waals surface area (Å²) in [4.78, 5) is 1.94. The lowest BCUT2D eigenvalue weighted by atomic mass is 9.86. The minimum absolute atomic E-state index is 0.183. The van der Waals surface area contributed by atoms with E-state index in [1.165, 1.54) is 32.1 Å². The molecule has 0 bridgehead atoms. The molecular formula is C13H25NO4. The van der Waals surface area contributed by atoms with E-state index in [0.717, 1.165) is 6.54 Å². The summed E-state index contributed by atoms with van der Waals surface area (Å²) < 4.78 is 0. The molecule has 0 radical (unpaired) electrons. The third-order valence-electron chi connectivity index (χ3n) is 4.43. The SMILES string of the molecule is OC[C@@H]1[C@@H](O)[C@H](O)[C@@H](O)CN1CC1CCCCC1. The number of piperidine rings is 1. The lowest BCUT2D eigenvalue weighted by Crippen LogP contribution is -2.63. The Balaban J connectivity index is 1.96. The van der Waals surface area contributed by atoms with Crippen LogP contribution in [0.3, 0.4) is 0 Å². The second-order valence-electron chi connectivity index (χ2n) is 5.76. The Kier molecular flexibility index (Phi) is 4.98. The van der Waals surface area contributed by atoms with Crippen LogP contribution in [0, 0.1) is 5.92 Å². The first kappa shape index (κ1) is 14.2. The summed E-state index contributed by atoms with van der Waals surface area (Å²) in [5.74, 6) is 0.586. The predicted octanol–water partition coefficient (Wildman–Crippen LogP) is -0.674. The standard InChI is InChI=1S/C13H25NO4/c15-8-10-12(17)13(18)11(16)7-14(10)6-9-4-2-1-3-5-9/h9-13,15-18H,1-8H2/t10-,11+,12-,13-/m1/s1. The van der Waals surface area contributed by atoms with Gasteiger partial charge in [-0.15, -0.1) is 0 Å². The van der Waals surface area contributed by atoms with Gasteiger partial charge < -0.3 is 20.4 Å². The van der Waals surface area contributed by atoms with Crippen molar-refractivity contribution in [2.45, 2.75) is 56.5 Å². The molecule has 1 saturated heterocycles. The van der Waals surface area contributed by atoms with Gasteiger partial charge in [-0.25, -0.2) is 0 Å². The van der Waals surface area contributed by atoms with Gasteiger partial charge in [-0.05, 0) is 18.8 Å². The average Bonchev–Trinajstić information content (AvgIpc) is 2.38. The van der Waals surface area contributed by atoms with Crippen molar-refractivity contribution in [2.75, 3.05) is 19.7 Å². The highest BCUT2D eigenvalue weighted by Crippen LogP contribution is 2.27. The second-order valence-corrected chi connectivity index (χ2v) is 5.76. The smallest absolute Gasteiger partial charge is 0.109 e. The number of rotatable bonds is 3. The number of β-amino-alcohol motifs (C(OH)–C–C–N with tert-alkyl or cyclic N) is 1. The Morgan fingerprint density at radius 2 is 1.61 bits per heavy atom. The predicted molar refractivity (Wildman–Crippen MR) is 67.0 cm³/mol. The van der Waals surface area contributed by atoms with Crippen molar-refractivity contribution in [1.82, 2.24) is 4.90 Å². The maximum absolute atomic E-state index is 9.90.